The van der Waals surface area contributed by atoms with Gasteiger partial charge >= 0.3 is 6.18 Å². The maximum atomic E-state index is 13.1. The third-order valence-corrected chi connectivity index (χ3v) is 4.34. The number of amides is 1. The van der Waals surface area contributed by atoms with Crippen LogP contribution in [-0.2, 0) is 17.5 Å². The number of nitrogens with zero attached hydrogens (tertiary/aromatic N) is 4. The second kappa shape index (κ2) is 8.16. The van der Waals surface area contributed by atoms with Crippen molar-refractivity contribution in [3.63, 3.8) is 0 Å². The van der Waals surface area contributed by atoms with E-state index in [0.29, 0.717) is 17.3 Å². The fraction of sp³-hybridized carbons (Fsp3) is 0.200. The van der Waals surface area contributed by atoms with Gasteiger partial charge in [0.2, 0.25) is 0 Å². The maximum absolute atomic E-state index is 13.1. The average molecular weight is 433 g/mol. The summed E-state index contributed by atoms with van der Waals surface area (Å²) in [5.74, 6) is -1.41. The van der Waals surface area contributed by atoms with Gasteiger partial charge in [0.05, 0.1) is 29.9 Å². The predicted octanol–water partition coefficient (Wildman–Crippen LogP) is 3.36. The van der Waals surface area contributed by atoms with Crippen LogP contribution in [0.3, 0.4) is 0 Å². The van der Waals surface area contributed by atoms with Gasteiger partial charge < -0.3 is 10.4 Å². The Morgan fingerprint density at radius 3 is 2.52 bits per heavy atom. The van der Waals surface area contributed by atoms with E-state index in [9.17, 15) is 27.5 Å². The van der Waals surface area contributed by atoms with Crippen molar-refractivity contribution in [3.05, 3.63) is 65.6 Å². The van der Waals surface area contributed by atoms with E-state index in [2.05, 4.69) is 15.6 Å². The highest BCUT2D eigenvalue weighted by Gasteiger charge is 2.35. The minimum absolute atomic E-state index is 0.234. The fourth-order valence-corrected chi connectivity index (χ4v) is 2.74. The topological polar surface area (TPSA) is 104 Å². The van der Waals surface area contributed by atoms with Crippen molar-refractivity contribution >= 4 is 11.6 Å². The van der Waals surface area contributed by atoms with E-state index in [1.54, 1.807) is 0 Å². The van der Waals surface area contributed by atoms with Gasteiger partial charge in [0.15, 0.2) is 5.60 Å². The number of hydrogen-bond donors (Lipinski definition) is 2. The van der Waals surface area contributed by atoms with Crippen LogP contribution >= 0.6 is 0 Å². The van der Waals surface area contributed by atoms with Crippen molar-refractivity contribution in [2.45, 2.75) is 25.2 Å². The minimum atomic E-state index is -4.79. The van der Waals surface area contributed by atoms with Crippen LogP contribution in [0.1, 0.15) is 18.1 Å². The van der Waals surface area contributed by atoms with E-state index < -0.39 is 34.6 Å². The molecule has 7 nitrogen and oxygen atoms in total. The molecule has 0 aliphatic carbocycles. The molecule has 0 radical (unpaired) electrons. The number of carbonyl (C=O) groups excluding carboxylic acids is 1. The molecule has 0 spiro atoms. The second-order valence-corrected chi connectivity index (χ2v) is 6.91. The molecule has 3 aromatic rings. The van der Waals surface area contributed by atoms with Gasteiger partial charge in [-0.2, -0.15) is 18.4 Å². The van der Waals surface area contributed by atoms with Crippen molar-refractivity contribution in [3.8, 4) is 17.3 Å². The van der Waals surface area contributed by atoms with Crippen LogP contribution < -0.4 is 5.32 Å². The first-order valence-electron chi connectivity index (χ1n) is 8.81. The molecular formula is C20H15F4N5O2. The molecule has 3 rings (SSSR count). The Kier molecular flexibility index (Phi) is 5.77. The molecule has 1 aromatic heterocycles. The van der Waals surface area contributed by atoms with E-state index in [4.69, 9.17) is 5.26 Å². The van der Waals surface area contributed by atoms with Crippen LogP contribution in [0.5, 0.6) is 0 Å². The van der Waals surface area contributed by atoms with Crippen molar-refractivity contribution in [2.75, 3.05) is 5.32 Å². The van der Waals surface area contributed by atoms with Gasteiger partial charge in [-0.15, -0.1) is 5.10 Å². The molecule has 31 heavy (non-hydrogen) atoms. The number of aliphatic hydroxyl groups is 1. The lowest BCUT2D eigenvalue weighted by Crippen LogP contribution is -2.43. The van der Waals surface area contributed by atoms with Crippen LogP contribution in [0, 0.1) is 17.1 Å². The highest BCUT2D eigenvalue weighted by molar-refractivity contribution is 5.96. The molecule has 0 aliphatic rings. The van der Waals surface area contributed by atoms with E-state index in [1.807, 2.05) is 0 Å². The molecule has 0 saturated heterocycles. The summed E-state index contributed by atoms with van der Waals surface area (Å²) in [6.07, 6.45) is -3.36. The summed E-state index contributed by atoms with van der Waals surface area (Å²) in [5, 5.41) is 29.3. The van der Waals surface area contributed by atoms with E-state index >= 15 is 0 Å². The molecule has 2 aromatic carbocycles. The zero-order valence-corrected chi connectivity index (χ0v) is 16.0. The molecule has 0 fully saturated rings. The summed E-state index contributed by atoms with van der Waals surface area (Å²) in [7, 11) is 0. The Morgan fingerprint density at radius 1 is 1.23 bits per heavy atom. The smallest absolute Gasteiger partial charge is 0.378 e. The number of alkyl halides is 3. The summed E-state index contributed by atoms with van der Waals surface area (Å²) in [6, 6.07) is 9.57. The molecule has 1 atom stereocenters. The van der Waals surface area contributed by atoms with E-state index in [-0.39, 0.29) is 12.2 Å². The van der Waals surface area contributed by atoms with Crippen LogP contribution in [-0.4, -0.2) is 31.6 Å². The SMILES string of the molecule is CC(O)(Cn1cc(-c2ccc(F)cc2)nn1)C(=O)Nc1ccc(C#N)c(C(F)(F)F)c1. The number of hydrogen-bond acceptors (Lipinski definition) is 5. The quantitative estimate of drug-likeness (QED) is 0.601. The molecule has 1 amide bonds. The third kappa shape index (κ3) is 5.04. The number of aromatic nitrogens is 3. The molecular weight excluding hydrogens is 418 g/mol. The largest absolute Gasteiger partial charge is 0.417 e. The van der Waals surface area contributed by atoms with Crippen molar-refractivity contribution in [2.24, 2.45) is 0 Å². The number of halogens is 4. The summed E-state index contributed by atoms with van der Waals surface area (Å²) in [4.78, 5) is 12.5. The van der Waals surface area contributed by atoms with Crippen molar-refractivity contribution < 1.29 is 27.5 Å². The second-order valence-electron chi connectivity index (χ2n) is 6.91. The van der Waals surface area contributed by atoms with Gasteiger partial charge in [-0.25, -0.2) is 9.07 Å². The maximum Gasteiger partial charge on any atom is 0.417 e. The highest BCUT2D eigenvalue weighted by atomic mass is 19.4. The van der Waals surface area contributed by atoms with Gasteiger partial charge in [0.25, 0.3) is 5.91 Å². The summed E-state index contributed by atoms with van der Waals surface area (Å²) < 4.78 is 53.5. The van der Waals surface area contributed by atoms with Gasteiger partial charge in [0, 0.05) is 11.3 Å². The van der Waals surface area contributed by atoms with Crippen molar-refractivity contribution in [1.29, 1.82) is 5.26 Å². The summed E-state index contributed by atoms with van der Waals surface area (Å²) in [6.45, 7) is 0.811. The van der Waals surface area contributed by atoms with Gasteiger partial charge in [-0.05, 0) is 49.4 Å². The molecule has 1 heterocycles. The fourth-order valence-electron chi connectivity index (χ4n) is 2.74. The van der Waals surface area contributed by atoms with E-state index in [1.165, 1.54) is 41.2 Å². The predicted molar refractivity (Wildman–Crippen MR) is 101 cm³/mol. The number of carbonyl (C=O) groups is 1. The lowest BCUT2D eigenvalue weighted by molar-refractivity contribution is -0.138. The monoisotopic (exact) mass is 433 g/mol. The molecule has 0 saturated carbocycles. The van der Waals surface area contributed by atoms with E-state index in [0.717, 1.165) is 19.1 Å². The number of anilines is 1. The van der Waals surface area contributed by atoms with Gasteiger partial charge in [-0.1, -0.05) is 5.21 Å². The zero-order chi connectivity index (χ0) is 22.8. The van der Waals surface area contributed by atoms with Gasteiger partial charge in [0.1, 0.15) is 11.5 Å². The third-order valence-electron chi connectivity index (χ3n) is 4.34. The normalized spacial score (nSPS) is 13.3. The Labute approximate surface area is 173 Å². The zero-order valence-electron chi connectivity index (χ0n) is 16.0. The minimum Gasteiger partial charge on any atom is -0.378 e. The average Bonchev–Trinajstić information content (AvgIpc) is 3.15. The first kappa shape index (κ1) is 21.9. The molecule has 0 bridgehead atoms. The first-order chi connectivity index (χ1) is 14.5. The molecule has 2 N–H and O–H groups in total. The number of nitrogens with one attached hydrogen (secondary N) is 1. The molecule has 1 unspecified atom stereocenters. The Balaban J connectivity index is 1.75. The number of nitriles is 1. The molecule has 11 heteroatoms. The number of benzene rings is 2. The Morgan fingerprint density at radius 2 is 1.90 bits per heavy atom. The Bertz CT molecular complexity index is 1150. The van der Waals surface area contributed by atoms with Crippen LogP contribution in [0.2, 0.25) is 0 Å². The lowest BCUT2D eigenvalue weighted by Gasteiger charge is -2.22. The number of rotatable bonds is 5. The summed E-state index contributed by atoms with van der Waals surface area (Å²) in [5.41, 5.74) is -3.14. The van der Waals surface area contributed by atoms with Gasteiger partial charge in [-0.3, -0.25) is 4.79 Å². The Hall–Kier alpha value is -3.78. The van der Waals surface area contributed by atoms with Crippen LogP contribution in [0.4, 0.5) is 23.2 Å². The highest BCUT2D eigenvalue weighted by Crippen LogP contribution is 2.33. The van der Waals surface area contributed by atoms with Crippen LogP contribution in [0.15, 0.2) is 48.7 Å². The molecule has 160 valence electrons. The van der Waals surface area contributed by atoms with Crippen molar-refractivity contribution in [1.82, 2.24) is 15.0 Å². The standard InChI is InChI=1S/C20H15F4N5O2/c1-19(31,11-29-10-17(27-28-29)12-2-5-14(21)6-3-12)18(30)26-15-7-4-13(9-25)16(8-15)20(22,23)24/h2-8,10,31H,11H2,1H3,(H,26,30). The molecule has 0 aliphatic heterocycles. The lowest BCUT2D eigenvalue weighted by atomic mass is 10.0. The summed E-state index contributed by atoms with van der Waals surface area (Å²) >= 11 is 0. The first-order valence-corrected chi connectivity index (χ1v) is 8.81. The van der Waals surface area contributed by atoms with Crippen LogP contribution in [0.25, 0.3) is 11.3 Å².